The Morgan fingerprint density at radius 2 is 1.77 bits per heavy atom. The van der Waals surface area contributed by atoms with Crippen molar-refractivity contribution in [1.29, 1.82) is 0 Å². The summed E-state index contributed by atoms with van der Waals surface area (Å²) in [5.74, 6) is 0. The zero-order valence-electron chi connectivity index (χ0n) is 15.3. The van der Waals surface area contributed by atoms with Crippen molar-refractivity contribution in [1.82, 2.24) is 30.1 Å². The summed E-state index contributed by atoms with van der Waals surface area (Å²) >= 11 is 0. The summed E-state index contributed by atoms with van der Waals surface area (Å²) in [5.41, 5.74) is 6.56. The van der Waals surface area contributed by atoms with Crippen LogP contribution in [0.25, 0.3) is 16.6 Å². The van der Waals surface area contributed by atoms with Crippen molar-refractivity contribution in [2.45, 2.75) is 26.9 Å². The van der Waals surface area contributed by atoms with Crippen LogP contribution in [0, 0.1) is 13.8 Å². The molecule has 0 saturated heterocycles. The van der Waals surface area contributed by atoms with Gasteiger partial charge in [-0.1, -0.05) is 18.2 Å². The van der Waals surface area contributed by atoms with Gasteiger partial charge in [-0.3, -0.25) is 4.68 Å². The molecule has 6 heteroatoms. The van der Waals surface area contributed by atoms with Crippen LogP contribution in [0.4, 0.5) is 0 Å². The molecule has 0 aliphatic rings. The molecule has 2 aromatic carbocycles. The fraction of sp³-hybridized carbons (Fsp3) is 0.250. The Labute approximate surface area is 152 Å². The molecule has 0 unspecified atom stereocenters. The molecule has 2 heterocycles. The van der Waals surface area contributed by atoms with E-state index in [1.54, 1.807) is 4.80 Å². The van der Waals surface area contributed by atoms with E-state index in [1.165, 1.54) is 16.7 Å². The summed E-state index contributed by atoms with van der Waals surface area (Å²) in [4.78, 5) is 1.69. The lowest BCUT2D eigenvalue weighted by Gasteiger charge is -2.04. The van der Waals surface area contributed by atoms with Crippen molar-refractivity contribution in [3.63, 3.8) is 0 Å². The van der Waals surface area contributed by atoms with E-state index in [4.69, 9.17) is 0 Å². The van der Waals surface area contributed by atoms with Gasteiger partial charge in [-0.25, -0.2) is 0 Å². The number of aryl methyl sites for hydroxylation is 3. The molecule has 26 heavy (non-hydrogen) atoms. The third-order valence-corrected chi connectivity index (χ3v) is 4.30. The van der Waals surface area contributed by atoms with Gasteiger partial charge in [0.1, 0.15) is 0 Å². The predicted octanol–water partition coefficient (Wildman–Crippen LogP) is 3.06. The molecule has 0 saturated carbocycles. The minimum atomic E-state index is 0.672. The van der Waals surface area contributed by atoms with Crippen LogP contribution >= 0.6 is 0 Å². The van der Waals surface area contributed by atoms with Crippen molar-refractivity contribution in [3.8, 4) is 5.69 Å². The maximum absolute atomic E-state index is 4.57. The molecular weight excluding hydrogens is 324 g/mol. The standard InChI is InChI=1S/C20H22N6/c1-14-6-15(2)8-19(7-14)26-22-12-18(23-26)11-21-10-16-4-5-17-13-25(3)24-20(17)9-16/h4-9,12-13,21H,10-11H2,1-3H3. The molecule has 1 N–H and O–H groups in total. The largest absolute Gasteiger partial charge is 0.307 e. The Bertz CT molecular complexity index is 1040. The van der Waals surface area contributed by atoms with Gasteiger partial charge in [-0.2, -0.15) is 20.1 Å². The summed E-state index contributed by atoms with van der Waals surface area (Å²) in [7, 11) is 1.94. The molecule has 0 aliphatic carbocycles. The molecule has 2 aromatic heterocycles. The van der Waals surface area contributed by atoms with Crippen molar-refractivity contribution in [2.24, 2.45) is 7.05 Å². The molecule has 4 rings (SSSR count). The maximum atomic E-state index is 4.57. The fourth-order valence-corrected chi connectivity index (χ4v) is 3.20. The monoisotopic (exact) mass is 346 g/mol. The third-order valence-electron chi connectivity index (χ3n) is 4.30. The average Bonchev–Trinajstić information content (AvgIpc) is 3.19. The molecule has 0 aliphatic heterocycles. The maximum Gasteiger partial charge on any atom is 0.0969 e. The molecule has 0 bridgehead atoms. The first-order valence-corrected chi connectivity index (χ1v) is 8.70. The second kappa shape index (κ2) is 6.72. The highest BCUT2D eigenvalue weighted by Gasteiger charge is 2.05. The number of aromatic nitrogens is 5. The summed E-state index contributed by atoms with van der Waals surface area (Å²) in [5, 5.41) is 18.0. The topological polar surface area (TPSA) is 60.6 Å². The number of hydrogen-bond donors (Lipinski definition) is 1. The van der Waals surface area contributed by atoms with E-state index < -0.39 is 0 Å². The van der Waals surface area contributed by atoms with Crippen LogP contribution in [-0.2, 0) is 20.1 Å². The first-order chi connectivity index (χ1) is 12.6. The average molecular weight is 346 g/mol. The third kappa shape index (κ3) is 3.50. The van der Waals surface area contributed by atoms with Crippen molar-refractivity contribution in [3.05, 3.63) is 71.2 Å². The Hall–Kier alpha value is -2.99. The molecule has 0 fully saturated rings. The lowest BCUT2D eigenvalue weighted by Crippen LogP contribution is -2.13. The van der Waals surface area contributed by atoms with Gasteiger partial charge in [0.2, 0.25) is 0 Å². The van der Waals surface area contributed by atoms with E-state index in [9.17, 15) is 0 Å². The Balaban J connectivity index is 1.41. The molecule has 0 amide bonds. The van der Waals surface area contributed by atoms with Gasteiger partial charge in [0.05, 0.1) is 23.1 Å². The van der Waals surface area contributed by atoms with Crippen molar-refractivity contribution in [2.75, 3.05) is 0 Å². The van der Waals surface area contributed by atoms with Gasteiger partial charge >= 0.3 is 0 Å². The van der Waals surface area contributed by atoms with Crippen LogP contribution in [0.15, 0.2) is 48.8 Å². The number of nitrogens with one attached hydrogen (secondary N) is 1. The van der Waals surface area contributed by atoms with Crippen molar-refractivity contribution >= 4 is 10.9 Å². The number of nitrogens with zero attached hydrogens (tertiary/aromatic N) is 5. The van der Waals surface area contributed by atoms with Gasteiger partial charge in [-0.05, 0) is 48.7 Å². The summed E-state index contributed by atoms with van der Waals surface area (Å²) in [6.07, 6.45) is 3.84. The van der Waals surface area contributed by atoms with E-state index in [0.717, 1.165) is 28.8 Å². The normalized spacial score (nSPS) is 11.3. The Morgan fingerprint density at radius 1 is 0.962 bits per heavy atom. The van der Waals surface area contributed by atoms with Gasteiger partial charge < -0.3 is 5.32 Å². The lowest BCUT2D eigenvalue weighted by molar-refractivity contribution is 0.662. The van der Waals surface area contributed by atoms with Crippen molar-refractivity contribution < 1.29 is 0 Å². The van der Waals surface area contributed by atoms with E-state index in [2.05, 4.69) is 70.9 Å². The highest BCUT2D eigenvalue weighted by Crippen LogP contribution is 2.14. The van der Waals surface area contributed by atoms with Crippen LogP contribution in [0.3, 0.4) is 0 Å². The van der Waals surface area contributed by atoms with E-state index in [1.807, 2.05) is 24.1 Å². The minimum absolute atomic E-state index is 0.672. The van der Waals surface area contributed by atoms with E-state index in [0.29, 0.717) is 6.54 Å². The number of fused-ring (bicyclic) bond motifs is 1. The highest BCUT2D eigenvalue weighted by atomic mass is 15.5. The first-order valence-electron chi connectivity index (χ1n) is 8.70. The van der Waals surface area contributed by atoms with Crippen LogP contribution in [0.1, 0.15) is 22.4 Å². The number of rotatable bonds is 5. The zero-order valence-corrected chi connectivity index (χ0v) is 15.3. The van der Waals surface area contributed by atoms with Crippen LogP contribution in [0.5, 0.6) is 0 Å². The highest BCUT2D eigenvalue weighted by molar-refractivity contribution is 5.78. The zero-order chi connectivity index (χ0) is 18.1. The fourth-order valence-electron chi connectivity index (χ4n) is 3.20. The van der Waals surface area contributed by atoms with Crippen LogP contribution < -0.4 is 5.32 Å². The van der Waals surface area contributed by atoms with Gasteiger partial charge in [0, 0.05) is 31.7 Å². The lowest BCUT2D eigenvalue weighted by atomic mass is 10.1. The molecular formula is C20H22N6. The smallest absolute Gasteiger partial charge is 0.0969 e. The summed E-state index contributed by atoms with van der Waals surface area (Å²) < 4.78 is 1.84. The molecule has 4 aromatic rings. The summed E-state index contributed by atoms with van der Waals surface area (Å²) in [6.45, 7) is 5.61. The van der Waals surface area contributed by atoms with Gasteiger partial charge in [0.15, 0.2) is 0 Å². The molecule has 0 atom stereocenters. The second-order valence-corrected chi connectivity index (χ2v) is 6.77. The van der Waals surface area contributed by atoms with E-state index >= 15 is 0 Å². The van der Waals surface area contributed by atoms with Gasteiger partial charge in [0.25, 0.3) is 0 Å². The molecule has 132 valence electrons. The quantitative estimate of drug-likeness (QED) is 0.603. The molecule has 0 radical (unpaired) electrons. The Kier molecular flexibility index (Phi) is 4.26. The number of hydrogen-bond acceptors (Lipinski definition) is 4. The summed E-state index contributed by atoms with van der Waals surface area (Å²) in [6, 6.07) is 12.7. The predicted molar refractivity (Wildman–Crippen MR) is 102 cm³/mol. The SMILES string of the molecule is Cc1cc(C)cc(-n2ncc(CNCc3ccc4cn(C)nc4c3)n2)c1. The Morgan fingerprint density at radius 3 is 2.58 bits per heavy atom. The first kappa shape index (κ1) is 16.5. The number of benzene rings is 2. The minimum Gasteiger partial charge on any atom is -0.307 e. The van der Waals surface area contributed by atoms with Crippen LogP contribution in [-0.4, -0.2) is 24.8 Å². The van der Waals surface area contributed by atoms with Crippen LogP contribution in [0.2, 0.25) is 0 Å². The second-order valence-electron chi connectivity index (χ2n) is 6.77. The van der Waals surface area contributed by atoms with Gasteiger partial charge in [-0.15, -0.1) is 0 Å². The molecule has 6 nitrogen and oxygen atoms in total. The molecule has 0 spiro atoms. The van der Waals surface area contributed by atoms with E-state index in [-0.39, 0.29) is 0 Å².